The number of thiophene rings is 1. The van der Waals surface area contributed by atoms with Crippen molar-refractivity contribution >= 4 is 35.3 Å². The summed E-state index contributed by atoms with van der Waals surface area (Å²) in [6.07, 6.45) is 0. The van der Waals surface area contributed by atoms with E-state index in [-0.39, 0.29) is 0 Å². The van der Waals surface area contributed by atoms with Gasteiger partial charge in [-0.25, -0.2) is 19.0 Å². The molecule has 1 amide bonds. The minimum absolute atomic E-state index is 0.325. The van der Waals surface area contributed by atoms with E-state index in [9.17, 15) is 19.5 Å². The Kier molecular flexibility index (Phi) is 4.56. The van der Waals surface area contributed by atoms with Gasteiger partial charge < -0.3 is 9.84 Å². The number of nitrogens with zero attached hydrogens (tertiary/aromatic N) is 3. The van der Waals surface area contributed by atoms with E-state index in [0.717, 1.165) is 21.4 Å². The molecule has 0 unspecified atom stereocenters. The number of rotatable bonds is 3. The molecule has 0 aliphatic carbocycles. The highest BCUT2D eigenvalue weighted by Gasteiger charge is 2.20. The molecule has 0 saturated carbocycles. The number of esters is 1. The van der Waals surface area contributed by atoms with Gasteiger partial charge in [0.15, 0.2) is 0 Å². The highest BCUT2D eigenvalue weighted by atomic mass is 32.2. The number of aryl methyl sites for hydroxylation is 1. The van der Waals surface area contributed by atoms with Crippen molar-refractivity contribution in [3.05, 3.63) is 26.3 Å². The van der Waals surface area contributed by atoms with Gasteiger partial charge in [-0.1, -0.05) is 0 Å². The van der Waals surface area contributed by atoms with Crippen LogP contribution in [0.2, 0.25) is 0 Å². The number of methoxy groups -OCH3 is 1. The Bertz CT molecular complexity index is 791. The number of ether oxygens (including phenoxy) is 1. The maximum absolute atomic E-state index is 11.9. The van der Waals surface area contributed by atoms with Crippen LogP contribution >= 0.6 is 23.3 Å². The highest BCUT2D eigenvalue weighted by Crippen LogP contribution is 2.30. The lowest BCUT2D eigenvalue weighted by molar-refractivity contribution is 0.0597. The normalized spacial score (nSPS) is 10.5. The minimum Gasteiger partial charge on any atom is -0.479 e. The summed E-state index contributed by atoms with van der Waals surface area (Å²) in [4.78, 5) is 36.5. The number of aromatic nitrogens is 3. The third-order valence-corrected chi connectivity index (χ3v) is 4.76. The van der Waals surface area contributed by atoms with Gasteiger partial charge in [0.05, 0.1) is 17.6 Å². The van der Waals surface area contributed by atoms with Crippen molar-refractivity contribution < 1.29 is 19.4 Å². The number of aromatic hydroxyl groups is 1. The van der Waals surface area contributed by atoms with Gasteiger partial charge in [0, 0.05) is 17.3 Å². The molecule has 2 rings (SSSR count). The summed E-state index contributed by atoms with van der Waals surface area (Å²) in [6.45, 7) is 1.78. The minimum atomic E-state index is -0.840. The first-order chi connectivity index (χ1) is 10.4. The van der Waals surface area contributed by atoms with Crippen LogP contribution in [0, 0.1) is 6.92 Å². The molecule has 2 heterocycles. The second-order valence-electron chi connectivity index (χ2n) is 4.09. The van der Waals surface area contributed by atoms with Crippen LogP contribution in [0.15, 0.2) is 15.1 Å². The van der Waals surface area contributed by atoms with Crippen LogP contribution < -0.4 is 10.4 Å². The molecule has 0 aliphatic heterocycles. The Morgan fingerprint density at radius 3 is 2.73 bits per heavy atom. The molecule has 11 heteroatoms. The van der Waals surface area contributed by atoms with Crippen molar-refractivity contribution in [1.29, 1.82) is 0 Å². The van der Waals surface area contributed by atoms with E-state index >= 15 is 0 Å². The Balaban J connectivity index is 2.18. The van der Waals surface area contributed by atoms with E-state index in [1.165, 1.54) is 25.5 Å². The number of hydrogen-bond acceptors (Lipinski definition) is 8. The lowest BCUT2D eigenvalue weighted by atomic mass is 10.3. The summed E-state index contributed by atoms with van der Waals surface area (Å²) in [5.41, 5.74) is -0.461. The van der Waals surface area contributed by atoms with Gasteiger partial charge in [-0.05, 0) is 18.9 Å². The maximum Gasteiger partial charge on any atom is 0.357 e. The molecule has 0 aromatic carbocycles. The first-order valence-corrected chi connectivity index (χ1v) is 7.55. The predicted molar refractivity (Wildman–Crippen MR) is 79.3 cm³/mol. The number of carbonyl (C=O) groups is 2. The lowest BCUT2D eigenvalue weighted by Gasteiger charge is -2.05. The number of carbonyl (C=O) groups excluding carboxylic acids is 2. The monoisotopic (exact) mass is 344 g/mol. The molecule has 0 aliphatic rings. The van der Waals surface area contributed by atoms with Crippen molar-refractivity contribution in [3.63, 3.8) is 0 Å². The number of hydrogen-bond donors (Lipinski definition) is 2. The van der Waals surface area contributed by atoms with Gasteiger partial charge in [-0.15, -0.1) is 21.1 Å². The number of nitrogens with one attached hydrogen (secondary N) is 1. The van der Waals surface area contributed by atoms with Crippen molar-refractivity contribution in [2.45, 2.75) is 11.8 Å². The molecular formula is C11H12N4O5S2. The second kappa shape index (κ2) is 6.23. The molecule has 0 spiro atoms. The zero-order chi connectivity index (χ0) is 16.4. The fourth-order valence-electron chi connectivity index (χ4n) is 1.52. The van der Waals surface area contributed by atoms with Crippen molar-refractivity contribution in [2.75, 3.05) is 7.11 Å². The first-order valence-electron chi connectivity index (χ1n) is 5.85. The van der Waals surface area contributed by atoms with Crippen molar-refractivity contribution in [1.82, 2.24) is 19.1 Å². The highest BCUT2D eigenvalue weighted by molar-refractivity contribution is 7.98. The van der Waals surface area contributed by atoms with Gasteiger partial charge in [-0.2, -0.15) is 0 Å². The van der Waals surface area contributed by atoms with Crippen molar-refractivity contribution in [2.24, 2.45) is 7.05 Å². The smallest absolute Gasteiger partial charge is 0.357 e. The first kappa shape index (κ1) is 16.1. The van der Waals surface area contributed by atoms with E-state index in [1.54, 1.807) is 12.3 Å². The molecule has 2 aromatic heterocycles. The van der Waals surface area contributed by atoms with Crippen molar-refractivity contribution in [3.8, 4) is 6.01 Å². The summed E-state index contributed by atoms with van der Waals surface area (Å²) in [5, 5.41) is 14.3. The van der Waals surface area contributed by atoms with Gasteiger partial charge in [0.2, 0.25) is 0 Å². The van der Waals surface area contributed by atoms with Gasteiger partial charge in [0.1, 0.15) is 0 Å². The molecule has 0 radical (unpaired) electrons. The van der Waals surface area contributed by atoms with Gasteiger partial charge in [0.25, 0.3) is 0 Å². The fourth-order valence-corrected chi connectivity index (χ4v) is 3.26. The Hall–Kier alpha value is -2.27. The summed E-state index contributed by atoms with van der Waals surface area (Å²) in [6, 6.07) is -1.42. The topological polar surface area (TPSA) is 115 Å². The molecular weight excluding hydrogens is 332 g/mol. The summed E-state index contributed by atoms with van der Waals surface area (Å²) >= 11 is 2.20. The summed E-state index contributed by atoms with van der Waals surface area (Å²) in [7, 11) is 2.54. The molecule has 2 N–H and O–H groups in total. The van der Waals surface area contributed by atoms with Crippen LogP contribution in [0.5, 0.6) is 6.01 Å². The van der Waals surface area contributed by atoms with Gasteiger partial charge >= 0.3 is 23.7 Å². The van der Waals surface area contributed by atoms with Crippen LogP contribution in [0.3, 0.4) is 0 Å². The Morgan fingerprint density at radius 2 is 2.18 bits per heavy atom. The van der Waals surface area contributed by atoms with Crippen LogP contribution in [0.25, 0.3) is 0 Å². The maximum atomic E-state index is 11.9. The molecule has 0 atom stereocenters. The molecule has 118 valence electrons. The number of amides is 1. The van der Waals surface area contributed by atoms with E-state index in [2.05, 4.69) is 14.6 Å². The summed E-state index contributed by atoms with van der Waals surface area (Å²) < 4.78 is 8.36. The SMILES string of the molecule is COC(=O)c1csc(C)c1SNC(=O)n1nc(O)n(C)c1=O. The zero-order valence-electron chi connectivity index (χ0n) is 11.8. The predicted octanol–water partition coefficient (Wildman–Crippen LogP) is 0.709. The summed E-state index contributed by atoms with van der Waals surface area (Å²) in [5.74, 6) is -0.520. The largest absolute Gasteiger partial charge is 0.479 e. The van der Waals surface area contributed by atoms with Crippen LogP contribution in [-0.2, 0) is 11.8 Å². The standard InChI is InChI=1S/C11H12N4O5S2/c1-5-7(6(4-21-5)8(16)20-3)22-13-10(18)15-11(19)14(2)9(17)12-15/h4H,1-3H3,(H,12,17)(H,13,18). The van der Waals surface area contributed by atoms with E-state index in [0.29, 0.717) is 15.1 Å². The second-order valence-corrected chi connectivity index (χ2v) is 5.99. The average molecular weight is 344 g/mol. The van der Waals surface area contributed by atoms with E-state index in [4.69, 9.17) is 0 Å². The van der Waals surface area contributed by atoms with E-state index < -0.39 is 23.7 Å². The van der Waals surface area contributed by atoms with Crippen LogP contribution in [0.1, 0.15) is 15.2 Å². The Labute approximate surface area is 132 Å². The van der Waals surface area contributed by atoms with Crippen LogP contribution in [0.4, 0.5) is 4.79 Å². The van der Waals surface area contributed by atoms with E-state index in [1.807, 2.05) is 0 Å². The molecule has 2 aromatic rings. The molecule has 22 heavy (non-hydrogen) atoms. The quantitative estimate of drug-likeness (QED) is 0.622. The third-order valence-electron chi connectivity index (χ3n) is 2.71. The molecule has 0 bridgehead atoms. The third kappa shape index (κ3) is 2.85. The van der Waals surface area contributed by atoms with Gasteiger partial charge in [-0.3, -0.25) is 4.72 Å². The molecule has 0 fully saturated rings. The lowest BCUT2D eigenvalue weighted by Crippen LogP contribution is -2.34. The zero-order valence-corrected chi connectivity index (χ0v) is 13.4. The molecule has 0 saturated heterocycles. The average Bonchev–Trinajstić information content (AvgIpc) is 2.99. The Morgan fingerprint density at radius 1 is 1.50 bits per heavy atom. The van der Waals surface area contributed by atoms with Crippen LogP contribution in [-0.4, -0.2) is 38.6 Å². The fraction of sp³-hybridized carbons (Fsp3) is 0.273. The molecule has 9 nitrogen and oxygen atoms in total.